The molecule has 2 rings (SSSR count). The van der Waals surface area contributed by atoms with Crippen LogP contribution in [0.4, 0.5) is 0 Å². The van der Waals surface area contributed by atoms with Crippen molar-refractivity contribution in [2.24, 2.45) is 5.92 Å². The number of hydrogen-bond acceptors (Lipinski definition) is 3. The summed E-state index contributed by atoms with van der Waals surface area (Å²) in [6.45, 7) is 4.33. The zero-order chi connectivity index (χ0) is 13.0. The van der Waals surface area contributed by atoms with Crippen molar-refractivity contribution in [2.45, 2.75) is 19.8 Å². The molecule has 1 aromatic carbocycles. The molecule has 4 heteroatoms. The van der Waals surface area contributed by atoms with Crippen molar-refractivity contribution in [1.82, 2.24) is 5.32 Å². The van der Waals surface area contributed by atoms with Gasteiger partial charge in [0.2, 0.25) is 0 Å². The Kier molecular flexibility index (Phi) is 4.61. The number of carbonyl (C=O) groups is 1. The predicted octanol–water partition coefficient (Wildman–Crippen LogP) is 2.92. The third kappa shape index (κ3) is 3.03. The van der Waals surface area contributed by atoms with Crippen LogP contribution in [0.3, 0.4) is 0 Å². The minimum atomic E-state index is 0.0988. The number of nitrogens with one attached hydrogen (secondary N) is 1. The summed E-state index contributed by atoms with van der Waals surface area (Å²) in [5.41, 5.74) is 0.618. The highest BCUT2D eigenvalue weighted by atomic mass is 35.5. The summed E-state index contributed by atoms with van der Waals surface area (Å²) >= 11 is 6.16. The number of ketones is 1. The van der Waals surface area contributed by atoms with Gasteiger partial charge in [-0.2, -0.15) is 0 Å². The van der Waals surface area contributed by atoms with E-state index >= 15 is 0 Å². The van der Waals surface area contributed by atoms with Gasteiger partial charge in [-0.25, -0.2) is 0 Å². The van der Waals surface area contributed by atoms with Gasteiger partial charge in [-0.05, 0) is 51.1 Å². The number of hydrogen-bond donors (Lipinski definition) is 1. The van der Waals surface area contributed by atoms with Crippen molar-refractivity contribution in [3.05, 3.63) is 28.8 Å². The normalized spacial score (nSPS) is 16.6. The van der Waals surface area contributed by atoms with Gasteiger partial charge >= 0.3 is 0 Å². The van der Waals surface area contributed by atoms with Gasteiger partial charge in [0, 0.05) is 11.5 Å². The second-order valence-electron chi connectivity index (χ2n) is 4.46. The number of rotatable bonds is 4. The molecule has 1 saturated heterocycles. The molecule has 1 aliphatic heterocycles. The van der Waals surface area contributed by atoms with E-state index in [0.29, 0.717) is 22.9 Å². The third-order valence-corrected chi connectivity index (χ3v) is 3.54. The highest BCUT2D eigenvalue weighted by Gasteiger charge is 2.23. The topological polar surface area (TPSA) is 38.3 Å². The van der Waals surface area contributed by atoms with Crippen molar-refractivity contribution in [3.63, 3.8) is 0 Å². The molecule has 18 heavy (non-hydrogen) atoms. The summed E-state index contributed by atoms with van der Waals surface area (Å²) in [7, 11) is 0. The van der Waals surface area contributed by atoms with Crippen molar-refractivity contribution in [2.75, 3.05) is 19.7 Å². The maximum Gasteiger partial charge on any atom is 0.167 e. The van der Waals surface area contributed by atoms with E-state index in [4.69, 9.17) is 16.3 Å². The number of benzene rings is 1. The first-order valence-electron chi connectivity index (χ1n) is 6.39. The first kappa shape index (κ1) is 13.4. The Hall–Kier alpha value is -1.06. The minimum absolute atomic E-state index is 0.0988. The number of carbonyl (C=O) groups excluding carboxylic acids is 1. The van der Waals surface area contributed by atoms with Crippen molar-refractivity contribution in [3.8, 4) is 5.75 Å². The van der Waals surface area contributed by atoms with E-state index in [1.165, 1.54) is 0 Å². The van der Waals surface area contributed by atoms with Gasteiger partial charge < -0.3 is 10.1 Å². The molecule has 0 radical (unpaired) electrons. The second kappa shape index (κ2) is 6.21. The molecule has 3 nitrogen and oxygen atoms in total. The summed E-state index contributed by atoms with van der Waals surface area (Å²) < 4.78 is 5.36. The monoisotopic (exact) mass is 267 g/mol. The first-order valence-corrected chi connectivity index (χ1v) is 6.77. The Morgan fingerprint density at radius 1 is 1.44 bits per heavy atom. The largest absolute Gasteiger partial charge is 0.494 e. The van der Waals surface area contributed by atoms with Gasteiger partial charge in [0.15, 0.2) is 5.78 Å². The molecule has 0 bridgehead atoms. The summed E-state index contributed by atoms with van der Waals surface area (Å²) in [6.07, 6.45) is 1.78. The molecule has 1 aromatic rings. The molecular weight excluding hydrogens is 250 g/mol. The van der Waals surface area contributed by atoms with Crippen LogP contribution in [0.2, 0.25) is 5.02 Å². The van der Waals surface area contributed by atoms with Crippen LogP contribution in [-0.2, 0) is 0 Å². The van der Waals surface area contributed by atoms with E-state index in [1.54, 1.807) is 12.1 Å². The lowest BCUT2D eigenvalue weighted by Gasteiger charge is -2.21. The summed E-state index contributed by atoms with van der Waals surface area (Å²) in [6, 6.07) is 5.31. The molecule has 0 saturated carbocycles. The van der Waals surface area contributed by atoms with E-state index in [-0.39, 0.29) is 11.7 Å². The number of halogens is 1. The molecule has 1 aliphatic rings. The Morgan fingerprint density at radius 2 is 2.17 bits per heavy atom. The molecule has 0 aromatic heterocycles. The molecule has 98 valence electrons. The molecule has 1 heterocycles. The molecule has 1 N–H and O–H groups in total. The van der Waals surface area contributed by atoms with Crippen molar-refractivity contribution >= 4 is 17.4 Å². The molecule has 0 unspecified atom stereocenters. The Labute approximate surface area is 112 Å². The lowest BCUT2D eigenvalue weighted by molar-refractivity contribution is 0.0895. The summed E-state index contributed by atoms with van der Waals surface area (Å²) in [5, 5.41) is 3.75. The zero-order valence-electron chi connectivity index (χ0n) is 10.5. The zero-order valence-corrected chi connectivity index (χ0v) is 11.3. The Morgan fingerprint density at radius 3 is 2.78 bits per heavy atom. The second-order valence-corrected chi connectivity index (χ2v) is 4.87. The third-order valence-electron chi connectivity index (χ3n) is 3.23. The highest BCUT2D eigenvalue weighted by molar-refractivity contribution is 6.34. The molecule has 0 atom stereocenters. The average Bonchev–Trinajstić information content (AvgIpc) is 2.40. The SMILES string of the molecule is CCOc1ccc(C(=O)C2CCNCC2)c(Cl)c1. The quantitative estimate of drug-likeness (QED) is 0.853. The van der Waals surface area contributed by atoms with E-state index in [1.807, 2.05) is 13.0 Å². The number of Topliss-reactive ketones (excluding diaryl/α,β-unsaturated/α-hetero) is 1. The first-order chi connectivity index (χ1) is 8.72. The van der Waals surface area contributed by atoms with Crippen molar-refractivity contribution < 1.29 is 9.53 Å². The van der Waals surface area contributed by atoms with Gasteiger partial charge in [0.25, 0.3) is 0 Å². The van der Waals surface area contributed by atoms with Crippen LogP contribution < -0.4 is 10.1 Å². The summed E-state index contributed by atoms with van der Waals surface area (Å²) in [5.74, 6) is 0.968. The van der Waals surface area contributed by atoms with E-state index in [0.717, 1.165) is 25.9 Å². The van der Waals surface area contributed by atoms with Crippen LogP contribution >= 0.6 is 11.6 Å². The van der Waals surface area contributed by atoms with Gasteiger partial charge in [0.1, 0.15) is 5.75 Å². The number of ether oxygens (including phenoxy) is 1. The van der Waals surface area contributed by atoms with Crippen LogP contribution in [0.5, 0.6) is 5.75 Å². The van der Waals surface area contributed by atoms with Gasteiger partial charge in [-0.3, -0.25) is 4.79 Å². The van der Waals surface area contributed by atoms with E-state index in [9.17, 15) is 4.79 Å². The van der Waals surface area contributed by atoms with Crippen LogP contribution in [0.15, 0.2) is 18.2 Å². The molecule has 0 aliphatic carbocycles. The summed E-state index contributed by atoms with van der Waals surface area (Å²) in [4.78, 5) is 12.3. The van der Waals surface area contributed by atoms with Crippen LogP contribution in [0, 0.1) is 5.92 Å². The lowest BCUT2D eigenvalue weighted by atomic mass is 9.89. The standard InChI is InChI=1S/C14H18ClNO2/c1-2-18-11-3-4-12(13(15)9-11)14(17)10-5-7-16-8-6-10/h3-4,9-10,16H,2,5-8H2,1H3. The van der Waals surface area contributed by atoms with Crippen LogP contribution in [0.1, 0.15) is 30.1 Å². The van der Waals surface area contributed by atoms with E-state index < -0.39 is 0 Å². The maximum atomic E-state index is 12.3. The van der Waals surface area contributed by atoms with Crippen LogP contribution in [0.25, 0.3) is 0 Å². The lowest BCUT2D eigenvalue weighted by Crippen LogP contribution is -2.32. The van der Waals surface area contributed by atoms with E-state index in [2.05, 4.69) is 5.32 Å². The molecule has 0 spiro atoms. The van der Waals surface area contributed by atoms with Gasteiger partial charge in [-0.1, -0.05) is 11.6 Å². The Balaban J connectivity index is 2.14. The Bertz CT molecular complexity index is 428. The fraction of sp³-hybridized carbons (Fsp3) is 0.500. The maximum absolute atomic E-state index is 12.3. The average molecular weight is 268 g/mol. The number of piperidine rings is 1. The fourth-order valence-electron chi connectivity index (χ4n) is 2.26. The highest BCUT2D eigenvalue weighted by Crippen LogP contribution is 2.27. The minimum Gasteiger partial charge on any atom is -0.494 e. The van der Waals surface area contributed by atoms with Gasteiger partial charge in [0.05, 0.1) is 11.6 Å². The molecule has 1 fully saturated rings. The smallest absolute Gasteiger partial charge is 0.167 e. The van der Waals surface area contributed by atoms with Crippen LogP contribution in [-0.4, -0.2) is 25.5 Å². The fourth-order valence-corrected chi connectivity index (χ4v) is 2.52. The predicted molar refractivity (Wildman–Crippen MR) is 72.5 cm³/mol. The molecule has 0 amide bonds. The molecular formula is C14H18ClNO2. The van der Waals surface area contributed by atoms with Gasteiger partial charge in [-0.15, -0.1) is 0 Å². The van der Waals surface area contributed by atoms with Crippen molar-refractivity contribution in [1.29, 1.82) is 0 Å².